The Balaban J connectivity index is 1.86. The Morgan fingerprint density at radius 1 is 1.15 bits per heavy atom. The predicted molar refractivity (Wildman–Crippen MR) is 79.4 cm³/mol. The molecule has 2 aromatic heterocycles. The normalized spacial score (nSPS) is 11.0. The molecule has 0 aliphatic heterocycles. The minimum Gasteiger partial charge on any atom is -0.383 e. The lowest BCUT2D eigenvalue weighted by atomic mass is 10.2. The molecule has 0 saturated heterocycles. The second kappa shape index (κ2) is 5.31. The SMILES string of the molecule is Nc1ncccc1/C=N/Nc1nncc2ccccc12. The molecular formula is C14H12N6. The van der Waals surface area contributed by atoms with Crippen molar-refractivity contribution < 1.29 is 0 Å². The Morgan fingerprint density at radius 2 is 2.05 bits per heavy atom. The zero-order valence-corrected chi connectivity index (χ0v) is 10.6. The number of fused-ring (bicyclic) bond motifs is 1. The Morgan fingerprint density at radius 3 is 2.95 bits per heavy atom. The maximum Gasteiger partial charge on any atom is 0.176 e. The van der Waals surface area contributed by atoms with Crippen LogP contribution in [0.4, 0.5) is 11.6 Å². The van der Waals surface area contributed by atoms with Gasteiger partial charge in [-0.1, -0.05) is 24.3 Å². The van der Waals surface area contributed by atoms with Crippen LogP contribution in [0.25, 0.3) is 10.8 Å². The van der Waals surface area contributed by atoms with E-state index in [1.165, 1.54) is 0 Å². The average Bonchev–Trinajstić information content (AvgIpc) is 2.49. The molecule has 3 N–H and O–H groups in total. The van der Waals surface area contributed by atoms with Crippen molar-refractivity contribution in [2.24, 2.45) is 5.10 Å². The van der Waals surface area contributed by atoms with Crippen molar-refractivity contribution in [2.75, 3.05) is 11.2 Å². The van der Waals surface area contributed by atoms with Gasteiger partial charge in [0, 0.05) is 22.5 Å². The molecular weight excluding hydrogens is 252 g/mol. The number of hydrogen-bond donors (Lipinski definition) is 2. The fraction of sp³-hybridized carbons (Fsp3) is 0. The minimum atomic E-state index is 0.432. The molecule has 0 aliphatic rings. The molecule has 0 fully saturated rings. The second-order valence-electron chi connectivity index (χ2n) is 4.13. The van der Waals surface area contributed by atoms with Crippen molar-refractivity contribution in [3.05, 3.63) is 54.4 Å². The third-order valence-corrected chi connectivity index (χ3v) is 2.82. The lowest BCUT2D eigenvalue weighted by Gasteiger charge is -2.03. The van der Waals surface area contributed by atoms with Crippen LogP contribution in [-0.4, -0.2) is 21.4 Å². The van der Waals surface area contributed by atoms with Crippen LogP contribution >= 0.6 is 0 Å². The number of nitrogens with one attached hydrogen (secondary N) is 1. The highest BCUT2D eigenvalue weighted by Crippen LogP contribution is 2.18. The molecule has 6 nitrogen and oxygen atoms in total. The van der Waals surface area contributed by atoms with Crippen molar-refractivity contribution in [1.29, 1.82) is 0 Å². The molecule has 0 bridgehead atoms. The largest absolute Gasteiger partial charge is 0.383 e. The van der Waals surface area contributed by atoms with Gasteiger partial charge >= 0.3 is 0 Å². The topological polar surface area (TPSA) is 89.1 Å². The molecule has 0 atom stereocenters. The predicted octanol–water partition coefficient (Wildman–Crippen LogP) is 2.05. The molecule has 0 spiro atoms. The molecule has 20 heavy (non-hydrogen) atoms. The van der Waals surface area contributed by atoms with Crippen LogP contribution in [0.5, 0.6) is 0 Å². The maximum atomic E-state index is 5.73. The monoisotopic (exact) mass is 264 g/mol. The zero-order chi connectivity index (χ0) is 13.8. The number of nitrogen functional groups attached to an aromatic ring is 1. The van der Waals surface area contributed by atoms with E-state index < -0.39 is 0 Å². The number of benzene rings is 1. The molecule has 0 saturated carbocycles. The first-order valence-electron chi connectivity index (χ1n) is 6.04. The van der Waals surface area contributed by atoms with Gasteiger partial charge in [-0.05, 0) is 12.1 Å². The Bertz CT molecular complexity index is 763. The van der Waals surface area contributed by atoms with Gasteiger partial charge in [-0.15, -0.1) is 5.10 Å². The first-order chi connectivity index (χ1) is 9.84. The van der Waals surface area contributed by atoms with Gasteiger partial charge in [0.05, 0.1) is 12.4 Å². The summed E-state index contributed by atoms with van der Waals surface area (Å²) in [5.74, 6) is 1.03. The molecule has 2 heterocycles. The van der Waals surface area contributed by atoms with Gasteiger partial charge in [0.25, 0.3) is 0 Å². The van der Waals surface area contributed by atoms with Crippen molar-refractivity contribution in [3.8, 4) is 0 Å². The number of nitrogens with two attached hydrogens (primary N) is 1. The summed E-state index contributed by atoms with van der Waals surface area (Å²) in [5, 5.41) is 14.1. The molecule has 1 aromatic carbocycles. The van der Waals surface area contributed by atoms with Gasteiger partial charge in [0.15, 0.2) is 5.82 Å². The Labute approximate surface area is 115 Å². The van der Waals surface area contributed by atoms with Crippen LogP contribution in [0.1, 0.15) is 5.56 Å². The molecule has 0 aliphatic carbocycles. The van der Waals surface area contributed by atoms with E-state index in [0.29, 0.717) is 11.6 Å². The van der Waals surface area contributed by atoms with Crippen molar-refractivity contribution in [2.45, 2.75) is 0 Å². The van der Waals surface area contributed by atoms with Crippen molar-refractivity contribution >= 4 is 28.6 Å². The van der Waals surface area contributed by atoms with Crippen molar-refractivity contribution in [3.63, 3.8) is 0 Å². The first kappa shape index (κ1) is 12.0. The highest BCUT2D eigenvalue weighted by atomic mass is 15.3. The van der Waals surface area contributed by atoms with Crippen molar-refractivity contribution in [1.82, 2.24) is 15.2 Å². The van der Waals surface area contributed by atoms with Crippen LogP contribution in [0, 0.1) is 0 Å². The summed E-state index contributed by atoms with van der Waals surface area (Å²) in [7, 11) is 0. The van der Waals surface area contributed by atoms with E-state index >= 15 is 0 Å². The van der Waals surface area contributed by atoms with Gasteiger partial charge in [-0.2, -0.15) is 10.2 Å². The highest BCUT2D eigenvalue weighted by molar-refractivity contribution is 5.91. The zero-order valence-electron chi connectivity index (χ0n) is 10.6. The van der Waals surface area contributed by atoms with E-state index in [4.69, 9.17) is 5.73 Å². The number of aromatic nitrogens is 3. The van der Waals surface area contributed by atoms with Gasteiger partial charge in [-0.25, -0.2) is 4.98 Å². The average molecular weight is 264 g/mol. The quantitative estimate of drug-likeness (QED) is 0.558. The molecule has 6 heteroatoms. The van der Waals surface area contributed by atoms with Gasteiger partial charge in [0.1, 0.15) is 5.82 Å². The summed E-state index contributed by atoms with van der Waals surface area (Å²) < 4.78 is 0. The molecule has 0 radical (unpaired) electrons. The van der Waals surface area contributed by atoms with Gasteiger partial charge < -0.3 is 5.73 Å². The fourth-order valence-corrected chi connectivity index (χ4v) is 1.81. The first-order valence-corrected chi connectivity index (χ1v) is 6.04. The standard InChI is InChI=1S/C14H12N6/c15-13-11(5-3-7-16-13)9-18-20-14-12-6-2-1-4-10(12)8-17-19-14/h1-9H,(H2,15,16)(H,19,20)/b18-9+. The van der Waals surface area contributed by atoms with Gasteiger partial charge in [-0.3, -0.25) is 5.43 Å². The van der Waals surface area contributed by atoms with E-state index in [2.05, 4.69) is 25.7 Å². The summed E-state index contributed by atoms with van der Waals surface area (Å²) in [4.78, 5) is 3.99. The Hall–Kier alpha value is -3.02. The van der Waals surface area contributed by atoms with Crippen LogP contribution in [0.15, 0.2) is 53.9 Å². The lowest BCUT2D eigenvalue weighted by Crippen LogP contribution is -1.99. The number of hydrazone groups is 1. The molecule has 98 valence electrons. The number of rotatable bonds is 3. The third-order valence-electron chi connectivity index (χ3n) is 2.82. The van der Waals surface area contributed by atoms with Crippen LogP contribution < -0.4 is 11.2 Å². The summed E-state index contributed by atoms with van der Waals surface area (Å²) in [6.07, 6.45) is 4.95. The highest BCUT2D eigenvalue weighted by Gasteiger charge is 2.01. The summed E-state index contributed by atoms with van der Waals surface area (Å²) in [6.45, 7) is 0. The smallest absolute Gasteiger partial charge is 0.176 e. The molecule has 3 aromatic rings. The van der Waals surface area contributed by atoms with Crippen LogP contribution in [-0.2, 0) is 0 Å². The minimum absolute atomic E-state index is 0.432. The summed E-state index contributed by atoms with van der Waals surface area (Å²) in [6, 6.07) is 11.5. The summed E-state index contributed by atoms with van der Waals surface area (Å²) >= 11 is 0. The van der Waals surface area contributed by atoms with E-state index in [1.54, 1.807) is 24.7 Å². The second-order valence-corrected chi connectivity index (χ2v) is 4.13. The van der Waals surface area contributed by atoms with E-state index in [0.717, 1.165) is 16.3 Å². The molecule has 0 amide bonds. The number of pyridine rings is 1. The van der Waals surface area contributed by atoms with Crippen LogP contribution in [0.3, 0.4) is 0 Å². The molecule has 0 unspecified atom stereocenters. The fourth-order valence-electron chi connectivity index (χ4n) is 1.81. The lowest BCUT2D eigenvalue weighted by molar-refractivity contribution is 1.04. The van der Waals surface area contributed by atoms with E-state index in [-0.39, 0.29) is 0 Å². The van der Waals surface area contributed by atoms with Crippen LogP contribution in [0.2, 0.25) is 0 Å². The molecule has 3 rings (SSSR count). The summed E-state index contributed by atoms with van der Waals surface area (Å²) in [5.41, 5.74) is 9.35. The number of anilines is 2. The third kappa shape index (κ3) is 2.39. The van der Waals surface area contributed by atoms with E-state index in [9.17, 15) is 0 Å². The van der Waals surface area contributed by atoms with Gasteiger partial charge in [0.2, 0.25) is 0 Å². The number of hydrogen-bond acceptors (Lipinski definition) is 6. The number of nitrogens with zero attached hydrogens (tertiary/aromatic N) is 4. The maximum absolute atomic E-state index is 5.73. The Kier molecular flexibility index (Phi) is 3.20. The van der Waals surface area contributed by atoms with E-state index in [1.807, 2.05) is 30.3 Å².